The molecule has 29 heavy (non-hydrogen) atoms. The van der Waals surface area contributed by atoms with Gasteiger partial charge in [-0.05, 0) is 17.7 Å². The molecule has 2 aromatic carbocycles. The molecule has 0 atom stereocenters. The molecular weight excluding hydrogens is 374 g/mol. The van der Waals surface area contributed by atoms with E-state index in [4.69, 9.17) is 24.7 Å². The Labute approximate surface area is 169 Å². The lowest BCUT2D eigenvalue weighted by molar-refractivity contribution is -0.136. The van der Waals surface area contributed by atoms with E-state index in [1.165, 1.54) is 40.6 Å². The number of amides is 1. The highest BCUT2D eigenvalue weighted by Gasteiger charge is 2.22. The number of hydrogen-bond donors (Lipinski definition) is 1. The summed E-state index contributed by atoms with van der Waals surface area (Å²) in [5.74, 6) is -0.245. The van der Waals surface area contributed by atoms with E-state index in [1.54, 1.807) is 24.3 Å². The molecule has 0 aliphatic heterocycles. The number of primary amides is 1. The van der Waals surface area contributed by atoms with Crippen molar-refractivity contribution in [1.82, 2.24) is 0 Å². The Morgan fingerprint density at radius 1 is 0.828 bits per heavy atom. The number of ether oxygens (including phenoxy) is 4. The molecule has 0 saturated heterocycles. The minimum atomic E-state index is -0.781. The predicted octanol–water partition coefficient (Wildman–Crippen LogP) is 2.84. The van der Waals surface area contributed by atoms with Crippen molar-refractivity contribution in [2.24, 2.45) is 5.73 Å². The minimum absolute atomic E-state index is 0.0111. The highest BCUT2D eigenvalue weighted by molar-refractivity contribution is 6.14. The molecule has 7 nitrogen and oxygen atoms in total. The summed E-state index contributed by atoms with van der Waals surface area (Å²) in [5.41, 5.74) is 6.66. The Kier molecular flexibility index (Phi) is 7.42. The summed E-state index contributed by atoms with van der Waals surface area (Å²) in [6.07, 6.45) is 2.97. The Morgan fingerprint density at radius 3 is 1.86 bits per heavy atom. The summed E-state index contributed by atoms with van der Waals surface area (Å²) in [7, 11) is 5.67. The van der Waals surface area contributed by atoms with E-state index in [0.717, 1.165) is 0 Å². The monoisotopic (exact) mass is 397 g/mol. The van der Waals surface area contributed by atoms with E-state index in [2.05, 4.69) is 0 Å². The first-order chi connectivity index (χ1) is 13.9. The minimum Gasteiger partial charge on any atom is -0.496 e. The van der Waals surface area contributed by atoms with Crippen molar-refractivity contribution in [3.63, 3.8) is 0 Å². The van der Waals surface area contributed by atoms with Crippen molar-refractivity contribution in [2.45, 2.75) is 0 Å². The molecule has 0 bridgehead atoms. The highest BCUT2D eigenvalue weighted by atomic mass is 16.5. The van der Waals surface area contributed by atoms with Gasteiger partial charge in [-0.25, -0.2) is 4.79 Å². The third-order valence-corrected chi connectivity index (χ3v) is 4.11. The van der Waals surface area contributed by atoms with E-state index in [9.17, 15) is 9.59 Å². The average Bonchev–Trinajstić information content (AvgIpc) is 2.75. The van der Waals surface area contributed by atoms with Gasteiger partial charge in [-0.3, -0.25) is 4.79 Å². The van der Waals surface area contributed by atoms with E-state index < -0.39 is 11.9 Å². The van der Waals surface area contributed by atoms with Crippen molar-refractivity contribution >= 4 is 24.0 Å². The maximum absolute atomic E-state index is 12.5. The van der Waals surface area contributed by atoms with Gasteiger partial charge in [0.25, 0.3) is 0 Å². The number of nitrogens with two attached hydrogens (primary N) is 1. The second kappa shape index (κ2) is 9.98. The summed E-state index contributed by atoms with van der Waals surface area (Å²) in [4.78, 5) is 24.7. The summed E-state index contributed by atoms with van der Waals surface area (Å²) in [6, 6.07) is 12.3. The van der Waals surface area contributed by atoms with Gasteiger partial charge in [0.2, 0.25) is 5.91 Å². The normalized spacial score (nSPS) is 11.6. The maximum Gasteiger partial charge on any atom is 0.338 e. The van der Waals surface area contributed by atoms with Gasteiger partial charge in [0.1, 0.15) is 17.2 Å². The lowest BCUT2D eigenvalue weighted by atomic mass is 9.98. The largest absolute Gasteiger partial charge is 0.496 e. The van der Waals surface area contributed by atoms with Gasteiger partial charge in [-0.15, -0.1) is 0 Å². The summed E-state index contributed by atoms with van der Waals surface area (Å²) in [6.45, 7) is 0. The summed E-state index contributed by atoms with van der Waals surface area (Å²) < 4.78 is 20.9. The second-order valence-corrected chi connectivity index (χ2v) is 5.83. The number of benzene rings is 2. The molecule has 0 unspecified atom stereocenters. The fourth-order valence-electron chi connectivity index (χ4n) is 2.67. The maximum atomic E-state index is 12.5. The number of carbonyl (C=O) groups excluding carboxylic acids is 2. The topological polar surface area (TPSA) is 97.1 Å². The smallest absolute Gasteiger partial charge is 0.338 e. The molecule has 2 aromatic rings. The van der Waals surface area contributed by atoms with Crippen LogP contribution >= 0.6 is 0 Å². The SMILES string of the molecule is COC(=O)C(=Cc1c(OC)cc(OC)cc1OC)C(=Cc1ccccc1)C(N)=O. The van der Waals surface area contributed by atoms with Crippen LogP contribution in [-0.4, -0.2) is 40.3 Å². The molecule has 2 N–H and O–H groups in total. The third-order valence-electron chi connectivity index (χ3n) is 4.11. The molecule has 0 fully saturated rings. The number of rotatable bonds is 8. The lowest BCUT2D eigenvalue weighted by Crippen LogP contribution is -2.20. The molecule has 0 radical (unpaired) electrons. The van der Waals surface area contributed by atoms with Gasteiger partial charge < -0.3 is 24.7 Å². The van der Waals surface area contributed by atoms with Gasteiger partial charge in [0, 0.05) is 12.1 Å². The third kappa shape index (κ3) is 5.16. The van der Waals surface area contributed by atoms with E-state index in [-0.39, 0.29) is 11.1 Å². The molecule has 0 spiro atoms. The van der Waals surface area contributed by atoms with Crippen LogP contribution in [0.5, 0.6) is 17.2 Å². The highest BCUT2D eigenvalue weighted by Crippen LogP contribution is 2.36. The number of methoxy groups -OCH3 is 4. The molecule has 2 rings (SSSR count). The standard InChI is InChI=1S/C22H23NO6/c1-26-15-11-19(27-2)18(20(12-15)28-3)13-17(22(25)29-4)16(21(23)24)10-14-8-6-5-7-9-14/h5-13H,1-4H3,(H2,23,24). The van der Waals surface area contributed by atoms with Crippen LogP contribution in [0, 0.1) is 0 Å². The summed E-state index contributed by atoms with van der Waals surface area (Å²) in [5, 5.41) is 0. The van der Waals surface area contributed by atoms with Crippen LogP contribution in [0.2, 0.25) is 0 Å². The van der Waals surface area contributed by atoms with Gasteiger partial charge in [0.05, 0.1) is 45.1 Å². The molecule has 0 heterocycles. The molecular formula is C22H23NO6. The average molecular weight is 397 g/mol. The first-order valence-corrected chi connectivity index (χ1v) is 8.62. The number of hydrogen-bond acceptors (Lipinski definition) is 6. The van der Waals surface area contributed by atoms with Crippen molar-refractivity contribution in [3.05, 3.63) is 64.7 Å². The Morgan fingerprint density at radius 2 is 1.41 bits per heavy atom. The molecule has 1 amide bonds. The van der Waals surface area contributed by atoms with Crippen molar-refractivity contribution in [3.8, 4) is 17.2 Å². The second-order valence-electron chi connectivity index (χ2n) is 5.83. The van der Waals surface area contributed by atoms with Gasteiger partial charge in [-0.1, -0.05) is 30.3 Å². The first-order valence-electron chi connectivity index (χ1n) is 8.62. The summed E-state index contributed by atoms with van der Waals surface area (Å²) >= 11 is 0. The van der Waals surface area contributed by atoms with E-state index >= 15 is 0 Å². The number of esters is 1. The van der Waals surface area contributed by atoms with Gasteiger partial charge in [0.15, 0.2) is 0 Å². The van der Waals surface area contributed by atoms with Crippen LogP contribution in [0.3, 0.4) is 0 Å². The zero-order valence-electron chi connectivity index (χ0n) is 16.7. The quantitative estimate of drug-likeness (QED) is 0.418. The fraction of sp³-hybridized carbons (Fsp3) is 0.182. The Bertz CT molecular complexity index is 922. The van der Waals surface area contributed by atoms with Crippen molar-refractivity contribution in [2.75, 3.05) is 28.4 Å². The van der Waals surface area contributed by atoms with Crippen LogP contribution in [-0.2, 0) is 14.3 Å². The Balaban J connectivity index is 2.75. The van der Waals surface area contributed by atoms with Crippen LogP contribution in [0.25, 0.3) is 12.2 Å². The van der Waals surface area contributed by atoms with Crippen LogP contribution < -0.4 is 19.9 Å². The van der Waals surface area contributed by atoms with Crippen molar-refractivity contribution in [1.29, 1.82) is 0 Å². The van der Waals surface area contributed by atoms with E-state index in [1.807, 2.05) is 18.2 Å². The van der Waals surface area contributed by atoms with Gasteiger partial charge in [-0.2, -0.15) is 0 Å². The van der Waals surface area contributed by atoms with Crippen LogP contribution in [0.1, 0.15) is 11.1 Å². The van der Waals surface area contributed by atoms with Gasteiger partial charge >= 0.3 is 5.97 Å². The zero-order valence-corrected chi connectivity index (χ0v) is 16.7. The predicted molar refractivity (Wildman–Crippen MR) is 110 cm³/mol. The molecule has 0 aromatic heterocycles. The first kappa shape index (κ1) is 21.6. The zero-order chi connectivity index (χ0) is 21.4. The van der Waals surface area contributed by atoms with E-state index in [0.29, 0.717) is 28.4 Å². The van der Waals surface area contributed by atoms with Crippen LogP contribution in [0.4, 0.5) is 0 Å². The molecule has 0 saturated carbocycles. The van der Waals surface area contributed by atoms with Crippen LogP contribution in [0.15, 0.2) is 53.6 Å². The molecule has 152 valence electrons. The molecule has 0 aliphatic rings. The van der Waals surface area contributed by atoms with Crippen molar-refractivity contribution < 1.29 is 28.5 Å². The molecule has 7 heteroatoms. The lowest BCUT2D eigenvalue weighted by Gasteiger charge is -2.14. The fourth-order valence-corrected chi connectivity index (χ4v) is 2.67. The molecule has 0 aliphatic carbocycles. The number of carbonyl (C=O) groups is 2. The Hall–Kier alpha value is -3.74.